The summed E-state index contributed by atoms with van der Waals surface area (Å²) in [5, 5.41) is 2.10. The molecule has 0 saturated heterocycles. The van der Waals surface area contributed by atoms with Crippen LogP contribution in [0.3, 0.4) is 0 Å². The van der Waals surface area contributed by atoms with Gasteiger partial charge in [0.25, 0.3) is 0 Å². The van der Waals surface area contributed by atoms with E-state index in [4.69, 9.17) is 9.47 Å². The van der Waals surface area contributed by atoms with Crippen LogP contribution in [0.1, 0.15) is 20.3 Å². The number of nitrogens with zero attached hydrogens (tertiary/aromatic N) is 1. The largest absolute Gasteiger partial charge is 0.486 e. The van der Waals surface area contributed by atoms with Gasteiger partial charge in [0.1, 0.15) is 13.2 Å². The molecule has 0 radical (unpaired) electrons. The summed E-state index contributed by atoms with van der Waals surface area (Å²) in [7, 11) is -4.13. The van der Waals surface area contributed by atoms with E-state index in [-0.39, 0.29) is 29.7 Å². The van der Waals surface area contributed by atoms with Crippen molar-refractivity contribution < 1.29 is 35.9 Å². The normalized spacial score (nSPS) is 13.5. The SMILES string of the molecule is CC(C)CCN(CC(=O)Nc1ccc(F)c(F)c1F)S(=O)(=O)c1ccc2c(c1)OCCO2. The third-order valence-electron chi connectivity index (χ3n) is 4.74. The highest BCUT2D eigenvalue weighted by molar-refractivity contribution is 7.89. The first-order chi connectivity index (χ1) is 15.1. The minimum atomic E-state index is -4.13. The maximum Gasteiger partial charge on any atom is 0.243 e. The molecule has 0 fully saturated rings. The van der Waals surface area contributed by atoms with E-state index in [0.29, 0.717) is 24.8 Å². The zero-order valence-electron chi connectivity index (χ0n) is 17.5. The van der Waals surface area contributed by atoms with E-state index >= 15 is 0 Å². The molecule has 2 aromatic carbocycles. The number of benzene rings is 2. The Labute approximate surface area is 184 Å². The number of carbonyl (C=O) groups excluding carboxylic acids is 1. The van der Waals surface area contributed by atoms with Crippen LogP contribution < -0.4 is 14.8 Å². The number of nitrogens with one attached hydrogen (secondary N) is 1. The van der Waals surface area contributed by atoms with Crippen molar-refractivity contribution in [2.24, 2.45) is 5.92 Å². The second-order valence-corrected chi connectivity index (χ2v) is 9.54. The Morgan fingerprint density at radius 2 is 1.75 bits per heavy atom. The van der Waals surface area contributed by atoms with E-state index in [1.54, 1.807) is 0 Å². The number of rotatable bonds is 8. The van der Waals surface area contributed by atoms with Gasteiger partial charge in [0.15, 0.2) is 29.0 Å². The Hall–Kier alpha value is -2.79. The number of sulfonamides is 1. The molecular weight excluding hydrogens is 449 g/mol. The Morgan fingerprint density at radius 3 is 2.44 bits per heavy atom. The molecule has 0 spiro atoms. The molecule has 11 heteroatoms. The van der Waals surface area contributed by atoms with Crippen LogP contribution in [-0.2, 0) is 14.8 Å². The van der Waals surface area contributed by atoms with Gasteiger partial charge >= 0.3 is 0 Å². The minimum Gasteiger partial charge on any atom is -0.486 e. The average molecular weight is 472 g/mol. The number of hydrogen-bond donors (Lipinski definition) is 1. The van der Waals surface area contributed by atoms with Crippen molar-refractivity contribution in [1.29, 1.82) is 0 Å². The fraction of sp³-hybridized carbons (Fsp3) is 0.381. The molecule has 174 valence electrons. The first-order valence-electron chi connectivity index (χ1n) is 9.92. The van der Waals surface area contributed by atoms with Gasteiger partial charge in [0, 0.05) is 12.6 Å². The number of ether oxygens (including phenoxy) is 2. The van der Waals surface area contributed by atoms with E-state index in [2.05, 4.69) is 5.32 Å². The van der Waals surface area contributed by atoms with E-state index in [1.165, 1.54) is 18.2 Å². The van der Waals surface area contributed by atoms with Gasteiger partial charge in [-0.05, 0) is 36.6 Å². The summed E-state index contributed by atoms with van der Waals surface area (Å²) >= 11 is 0. The van der Waals surface area contributed by atoms with Crippen molar-refractivity contribution in [1.82, 2.24) is 4.31 Å². The first-order valence-corrected chi connectivity index (χ1v) is 11.4. The van der Waals surface area contributed by atoms with E-state index < -0.39 is 45.6 Å². The molecule has 7 nitrogen and oxygen atoms in total. The quantitative estimate of drug-likeness (QED) is 0.594. The molecule has 32 heavy (non-hydrogen) atoms. The second-order valence-electron chi connectivity index (χ2n) is 7.60. The zero-order valence-corrected chi connectivity index (χ0v) is 18.3. The van der Waals surface area contributed by atoms with Gasteiger partial charge in [0.2, 0.25) is 15.9 Å². The molecular formula is C21H23F3N2O5S. The molecule has 0 unspecified atom stereocenters. The molecule has 0 aromatic heterocycles. The van der Waals surface area contributed by atoms with Crippen LogP contribution in [0.2, 0.25) is 0 Å². The lowest BCUT2D eigenvalue weighted by Crippen LogP contribution is -2.39. The minimum absolute atomic E-state index is 0.0160. The predicted molar refractivity (Wildman–Crippen MR) is 111 cm³/mol. The number of halogens is 3. The lowest BCUT2D eigenvalue weighted by atomic mass is 10.1. The number of anilines is 1. The topological polar surface area (TPSA) is 84.9 Å². The standard InChI is InChI=1S/C21H23F3N2O5S/c1-13(2)7-8-26(12-19(27)25-16-5-4-15(22)20(23)21(16)24)32(28,29)14-3-6-17-18(11-14)31-10-9-30-17/h3-6,11,13H,7-10,12H2,1-2H3,(H,25,27). The van der Waals surface area contributed by atoms with Crippen molar-refractivity contribution in [2.45, 2.75) is 25.2 Å². The van der Waals surface area contributed by atoms with E-state index in [0.717, 1.165) is 10.4 Å². The fourth-order valence-corrected chi connectivity index (χ4v) is 4.42. The van der Waals surface area contributed by atoms with Crippen LogP contribution >= 0.6 is 0 Å². The van der Waals surface area contributed by atoms with Crippen molar-refractivity contribution in [3.8, 4) is 11.5 Å². The van der Waals surface area contributed by atoms with Gasteiger partial charge in [-0.1, -0.05) is 13.8 Å². The molecule has 1 N–H and O–H groups in total. The fourth-order valence-electron chi connectivity index (χ4n) is 2.99. The van der Waals surface area contributed by atoms with E-state index in [9.17, 15) is 26.4 Å². The summed E-state index contributed by atoms with van der Waals surface area (Å²) in [5.41, 5.74) is -0.588. The summed E-state index contributed by atoms with van der Waals surface area (Å²) in [6.07, 6.45) is 0.455. The maximum atomic E-state index is 13.9. The summed E-state index contributed by atoms with van der Waals surface area (Å²) in [6, 6.07) is 5.66. The molecule has 0 aliphatic carbocycles. The number of amides is 1. The second kappa shape index (κ2) is 9.78. The van der Waals surface area contributed by atoms with Crippen LogP contribution in [0.4, 0.5) is 18.9 Å². The smallest absolute Gasteiger partial charge is 0.243 e. The molecule has 1 heterocycles. The van der Waals surface area contributed by atoms with Crippen molar-refractivity contribution in [3.05, 3.63) is 47.8 Å². The summed E-state index contributed by atoms with van der Waals surface area (Å²) in [4.78, 5) is 12.4. The molecule has 1 aliphatic rings. The van der Waals surface area contributed by atoms with Gasteiger partial charge in [-0.25, -0.2) is 21.6 Å². The number of fused-ring (bicyclic) bond motifs is 1. The number of hydrogen-bond acceptors (Lipinski definition) is 5. The van der Waals surface area contributed by atoms with Gasteiger partial charge in [-0.15, -0.1) is 0 Å². The Kier molecular flexibility index (Phi) is 7.29. The zero-order chi connectivity index (χ0) is 23.5. The third kappa shape index (κ3) is 5.33. The summed E-state index contributed by atoms with van der Waals surface area (Å²) in [6.45, 7) is 3.78. The van der Waals surface area contributed by atoms with Crippen LogP contribution in [0.25, 0.3) is 0 Å². The Bertz CT molecular complexity index is 1110. The van der Waals surface area contributed by atoms with Crippen LogP contribution in [0.15, 0.2) is 35.2 Å². The summed E-state index contributed by atoms with van der Waals surface area (Å²) < 4.78 is 78.7. The summed E-state index contributed by atoms with van der Waals surface area (Å²) in [5.74, 6) is -4.78. The highest BCUT2D eigenvalue weighted by Crippen LogP contribution is 2.33. The lowest BCUT2D eigenvalue weighted by molar-refractivity contribution is -0.116. The predicted octanol–water partition coefficient (Wildman–Crippen LogP) is 3.55. The first kappa shape index (κ1) is 23.9. The van der Waals surface area contributed by atoms with E-state index in [1.807, 2.05) is 13.8 Å². The number of carbonyl (C=O) groups is 1. The maximum absolute atomic E-state index is 13.9. The monoisotopic (exact) mass is 472 g/mol. The van der Waals surface area contributed by atoms with Crippen LogP contribution in [0.5, 0.6) is 11.5 Å². The van der Waals surface area contributed by atoms with Crippen molar-refractivity contribution >= 4 is 21.6 Å². The molecule has 0 atom stereocenters. The van der Waals surface area contributed by atoms with Crippen molar-refractivity contribution in [3.63, 3.8) is 0 Å². The highest BCUT2D eigenvalue weighted by Gasteiger charge is 2.29. The molecule has 0 saturated carbocycles. The van der Waals surface area contributed by atoms with Gasteiger partial charge < -0.3 is 14.8 Å². The van der Waals surface area contributed by atoms with Gasteiger partial charge in [-0.3, -0.25) is 4.79 Å². The van der Waals surface area contributed by atoms with Gasteiger partial charge in [-0.2, -0.15) is 4.31 Å². The molecule has 1 amide bonds. The van der Waals surface area contributed by atoms with Crippen LogP contribution in [-0.4, -0.2) is 44.9 Å². The molecule has 1 aliphatic heterocycles. The third-order valence-corrected chi connectivity index (χ3v) is 6.58. The molecule has 0 bridgehead atoms. The average Bonchev–Trinajstić information content (AvgIpc) is 2.76. The molecule has 2 aromatic rings. The lowest BCUT2D eigenvalue weighted by Gasteiger charge is -2.24. The Morgan fingerprint density at radius 1 is 1.06 bits per heavy atom. The molecule has 3 rings (SSSR count). The van der Waals surface area contributed by atoms with Crippen molar-refractivity contribution in [2.75, 3.05) is 31.6 Å². The van der Waals surface area contributed by atoms with Crippen LogP contribution in [0, 0.1) is 23.4 Å². The highest BCUT2D eigenvalue weighted by atomic mass is 32.2. The Balaban J connectivity index is 1.84. The van der Waals surface area contributed by atoms with Gasteiger partial charge in [0.05, 0.1) is 17.1 Å².